The fraction of sp³-hybridized carbons (Fsp3) is 0.370. The van der Waals surface area contributed by atoms with Crippen LogP contribution in [0.5, 0.6) is 11.5 Å². The summed E-state index contributed by atoms with van der Waals surface area (Å²) in [5, 5.41) is 29.3. The minimum atomic E-state index is -0.863. The maximum Gasteiger partial charge on any atom is 0.408 e. The van der Waals surface area contributed by atoms with Gasteiger partial charge in [0.2, 0.25) is 5.91 Å². The molecule has 3 amide bonds. The average Bonchev–Trinajstić information content (AvgIpc) is 3.10. The Labute approximate surface area is 209 Å². The van der Waals surface area contributed by atoms with E-state index in [9.17, 15) is 24.6 Å². The third-order valence-corrected chi connectivity index (χ3v) is 6.12. The van der Waals surface area contributed by atoms with Gasteiger partial charge in [0.25, 0.3) is 5.91 Å². The summed E-state index contributed by atoms with van der Waals surface area (Å²) in [7, 11) is 0. The van der Waals surface area contributed by atoms with Crippen molar-refractivity contribution < 1.29 is 29.3 Å². The monoisotopic (exact) mass is 493 g/mol. The number of benzene rings is 2. The SMILES string of the molecule is CC(NC(=O)OC(C)(C)C)C(=O)Nc1ccc2c(c1)/C(=C/c1cc(O)c3c(c1O)CCCC3)C(=O)N2. The Bertz CT molecular complexity index is 1280. The molecule has 0 saturated carbocycles. The lowest BCUT2D eigenvalue weighted by Gasteiger charge is -2.21. The second-order valence-corrected chi connectivity index (χ2v) is 10.1. The molecule has 0 aromatic heterocycles. The predicted molar refractivity (Wildman–Crippen MR) is 137 cm³/mol. The summed E-state index contributed by atoms with van der Waals surface area (Å²) in [5.74, 6) is -0.630. The average molecular weight is 494 g/mol. The number of aromatic hydroxyl groups is 2. The number of ether oxygens (including phenoxy) is 1. The lowest BCUT2D eigenvalue weighted by molar-refractivity contribution is -0.117. The van der Waals surface area contributed by atoms with Crippen LogP contribution in [0.15, 0.2) is 24.3 Å². The second-order valence-electron chi connectivity index (χ2n) is 10.1. The summed E-state index contributed by atoms with van der Waals surface area (Å²) < 4.78 is 5.18. The van der Waals surface area contributed by atoms with Crippen LogP contribution in [0.3, 0.4) is 0 Å². The molecule has 9 nitrogen and oxygen atoms in total. The number of phenols is 2. The topological polar surface area (TPSA) is 137 Å². The molecule has 190 valence electrons. The minimum Gasteiger partial charge on any atom is -0.508 e. The van der Waals surface area contributed by atoms with Crippen LogP contribution in [0.2, 0.25) is 0 Å². The number of nitrogens with one attached hydrogen (secondary N) is 3. The molecule has 5 N–H and O–H groups in total. The molecule has 0 spiro atoms. The normalized spacial score (nSPS) is 16.6. The molecule has 0 radical (unpaired) electrons. The van der Waals surface area contributed by atoms with E-state index in [2.05, 4.69) is 16.0 Å². The van der Waals surface area contributed by atoms with Crippen LogP contribution in [-0.2, 0) is 27.2 Å². The quantitative estimate of drug-likeness (QED) is 0.318. The number of hydrogen-bond acceptors (Lipinski definition) is 6. The van der Waals surface area contributed by atoms with Crippen molar-refractivity contribution in [2.45, 2.75) is 65.0 Å². The highest BCUT2D eigenvalue weighted by molar-refractivity contribution is 6.35. The van der Waals surface area contributed by atoms with Gasteiger partial charge in [0.05, 0.1) is 0 Å². The molecule has 4 rings (SSSR count). The van der Waals surface area contributed by atoms with Crippen molar-refractivity contribution in [1.29, 1.82) is 0 Å². The van der Waals surface area contributed by atoms with Gasteiger partial charge in [-0.25, -0.2) is 4.79 Å². The van der Waals surface area contributed by atoms with Gasteiger partial charge in [0, 0.05) is 39.2 Å². The Morgan fingerprint density at radius 3 is 2.50 bits per heavy atom. The molecular weight excluding hydrogens is 462 g/mol. The number of rotatable bonds is 4. The van der Waals surface area contributed by atoms with E-state index in [4.69, 9.17) is 4.74 Å². The Balaban J connectivity index is 1.57. The van der Waals surface area contributed by atoms with Crippen molar-refractivity contribution in [3.05, 3.63) is 46.5 Å². The Kier molecular flexibility index (Phi) is 6.67. The van der Waals surface area contributed by atoms with Crippen molar-refractivity contribution in [3.8, 4) is 11.5 Å². The maximum atomic E-state index is 12.7. The van der Waals surface area contributed by atoms with Crippen LogP contribution < -0.4 is 16.0 Å². The zero-order valence-corrected chi connectivity index (χ0v) is 20.8. The molecular formula is C27H31N3O6. The largest absolute Gasteiger partial charge is 0.508 e. The first-order valence-corrected chi connectivity index (χ1v) is 12.0. The number of carbonyl (C=O) groups excluding carboxylic acids is 3. The Hall–Kier alpha value is -4.01. The molecule has 0 fully saturated rings. The number of amides is 3. The van der Waals surface area contributed by atoms with Crippen LogP contribution in [0.25, 0.3) is 11.6 Å². The van der Waals surface area contributed by atoms with Gasteiger partial charge in [0.1, 0.15) is 23.1 Å². The summed E-state index contributed by atoms with van der Waals surface area (Å²) in [5.41, 5.74) is 2.98. The van der Waals surface area contributed by atoms with Crippen LogP contribution in [0.4, 0.5) is 16.2 Å². The number of alkyl carbamates (subject to hydrolysis) is 1. The van der Waals surface area contributed by atoms with Gasteiger partial charge in [-0.2, -0.15) is 0 Å². The molecule has 2 aromatic rings. The number of phenolic OH excluding ortho intramolecular Hbond substituents is 2. The van der Waals surface area contributed by atoms with Crippen molar-refractivity contribution in [1.82, 2.24) is 5.32 Å². The lowest BCUT2D eigenvalue weighted by Crippen LogP contribution is -2.43. The highest BCUT2D eigenvalue weighted by Crippen LogP contribution is 2.41. The van der Waals surface area contributed by atoms with Crippen molar-refractivity contribution >= 4 is 40.9 Å². The summed E-state index contributed by atoms with van der Waals surface area (Å²) in [6, 6.07) is 5.57. The van der Waals surface area contributed by atoms with Crippen LogP contribution in [-0.4, -0.2) is 39.8 Å². The molecule has 36 heavy (non-hydrogen) atoms. The number of fused-ring (bicyclic) bond motifs is 2. The lowest BCUT2D eigenvalue weighted by atomic mass is 9.88. The first-order valence-electron chi connectivity index (χ1n) is 12.0. The number of anilines is 2. The fourth-order valence-corrected chi connectivity index (χ4v) is 4.40. The number of hydrogen-bond donors (Lipinski definition) is 5. The first kappa shape index (κ1) is 25.1. The van der Waals surface area contributed by atoms with E-state index in [1.54, 1.807) is 45.0 Å². The standard InChI is InChI=1S/C27H31N3O6/c1-14(28-26(35)36-27(2,3)4)24(33)29-16-9-10-21-19(13-16)20(25(34)30-21)11-15-12-22(31)17-7-5-6-8-18(17)23(15)32/h9-14,31-32H,5-8H2,1-4H3,(H,28,35)(H,29,33)(H,30,34)/b20-11-. The number of carbonyl (C=O) groups is 3. The smallest absolute Gasteiger partial charge is 0.408 e. The van der Waals surface area contributed by atoms with Crippen LogP contribution >= 0.6 is 0 Å². The van der Waals surface area contributed by atoms with Gasteiger partial charge in [-0.1, -0.05) is 0 Å². The molecule has 1 atom stereocenters. The zero-order chi connectivity index (χ0) is 26.2. The molecule has 0 saturated heterocycles. The summed E-state index contributed by atoms with van der Waals surface area (Å²) >= 11 is 0. The molecule has 1 aliphatic heterocycles. The molecule has 0 bridgehead atoms. The first-order chi connectivity index (χ1) is 16.9. The van der Waals surface area contributed by atoms with E-state index in [0.717, 1.165) is 24.0 Å². The van der Waals surface area contributed by atoms with Gasteiger partial charge in [0.15, 0.2) is 0 Å². The van der Waals surface area contributed by atoms with Crippen molar-refractivity contribution in [2.24, 2.45) is 0 Å². The minimum absolute atomic E-state index is 0.0720. The van der Waals surface area contributed by atoms with Crippen LogP contribution in [0.1, 0.15) is 62.8 Å². The molecule has 1 unspecified atom stereocenters. The zero-order valence-electron chi connectivity index (χ0n) is 20.8. The van der Waals surface area contributed by atoms with Crippen molar-refractivity contribution in [3.63, 3.8) is 0 Å². The van der Waals surface area contributed by atoms with E-state index in [0.29, 0.717) is 40.9 Å². The maximum absolute atomic E-state index is 12.7. The van der Waals surface area contributed by atoms with E-state index in [1.165, 1.54) is 13.0 Å². The molecule has 2 aliphatic rings. The Morgan fingerprint density at radius 1 is 1.11 bits per heavy atom. The van der Waals surface area contributed by atoms with Gasteiger partial charge in [-0.15, -0.1) is 0 Å². The van der Waals surface area contributed by atoms with E-state index >= 15 is 0 Å². The molecule has 1 heterocycles. The highest BCUT2D eigenvalue weighted by atomic mass is 16.6. The second kappa shape index (κ2) is 9.56. The fourth-order valence-electron chi connectivity index (χ4n) is 4.40. The molecule has 2 aromatic carbocycles. The third kappa shape index (κ3) is 5.30. The van der Waals surface area contributed by atoms with E-state index in [1.807, 2.05) is 0 Å². The summed E-state index contributed by atoms with van der Waals surface area (Å²) in [6.45, 7) is 6.73. The summed E-state index contributed by atoms with van der Waals surface area (Å²) in [6.07, 6.45) is 4.10. The third-order valence-electron chi connectivity index (χ3n) is 6.12. The van der Waals surface area contributed by atoms with E-state index in [-0.39, 0.29) is 17.4 Å². The van der Waals surface area contributed by atoms with Gasteiger partial charge in [-0.3, -0.25) is 9.59 Å². The van der Waals surface area contributed by atoms with Crippen LogP contribution in [0, 0.1) is 0 Å². The highest BCUT2D eigenvalue weighted by Gasteiger charge is 2.27. The van der Waals surface area contributed by atoms with E-state index < -0.39 is 23.6 Å². The summed E-state index contributed by atoms with van der Waals surface area (Å²) in [4.78, 5) is 37.3. The van der Waals surface area contributed by atoms with Gasteiger partial charge < -0.3 is 30.9 Å². The molecule has 1 aliphatic carbocycles. The predicted octanol–water partition coefficient (Wildman–Crippen LogP) is 4.32. The van der Waals surface area contributed by atoms with Gasteiger partial charge >= 0.3 is 6.09 Å². The van der Waals surface area contributed by atoms with Gasteiger partial charge in [-0.05, 0) is 83.7 Å². The molecule has 9 heteroatoms. The Morgan fingerprint density at radius 2 is 1.81 bits per heavy atom. The van der Waals surface area contributed by atoms with Crippen molar-refractivity contribution in [2.75, 3.05) is 10.6 Å².